The Labute approximate surface area is 156 Å². The van der Waals surface area contributed by atoms with Gasteiger partial charge in [0.25, 0.3) is 0 Å². The summed E-state index contributed by atoms with van der Waals surface area (Å²) < 4.78 is 0. The summed E-state index contributed by atoms with van der Waals surface area (Å²) in [6.07, 6.45) is 8.21. The number of hydrogen-bond donors (Lipinski definition) is 0. The van der Waals surface area contributed by atoms with E-state index in [2.05, 4.69) is 24.3 Å². The van der Waals surface area contributed by atoms with Crippen molar-refractivity contribution in [2.45, 2.75) is 63.2 Å². The number of carbonyl (C=O) groups is 2. The second-order valence-electron chi connectivity index (χ2n) is 7.35. The third-order valence-corrected chi connectivity index (χ3v) is 5.51. The van der Waals surface area contributed by atoms with Crippen molar-refractivity contribution in [2.75, 3.05) is 0 Å². The summed E-state index contributed by atoms with van der Waals surface area (Å²) in [5.74, 6) is 1.24. The van der Waals surface area contributed by atoms with Crippen LogP contribution >= 0.6 is 0 Å². The van der Waals surface area contributed by atoms with Crippen molar-refractivity contribution in [3.63, 3.8) is 0 Å². The van der Waals surface area contributed by atoms with Gasteiger partial charge >= 0.3 is 0 Å². The number of Topliss-reactive ketones (excluding diaryl/α,β-unsaturated/α-hetero) is 2. The van der Waals surface area contributed by atoms with Crippen LogP contribution in [0.2, 0.25) is 0 Å². The average Bonchev–Trinajstić information content (AvgIpc) is 2.71. The van der Waals surface area contributed by atoms with Crippen LogP contribution < -0.4 is 0 Å². The maximum atomic E-state index is 11.6. The summed E-state index contributed by atoms with van der Waals surface area (Å²) in [5.41, 5.74) is 2.40. The molecule has 2 atom stereocenters. The maximum Gasteiger partial charge on any atom is 0.140 e. The lowest BCUT2D eigenvalue weighted by molar-refractivity contribution is -0.122. The minimum Gasteiger partial charge on any atom is -0.299 e. The van der Waals surface area contributed by atoms with Gasteiger partial charge in [-0.3, -0.25) is 9.59 Å². The molecule has 2 aliphatic rings. The molecule has 2 nitrogen and oxygen atoms in total. The molecule has 0 bridgehead atoms. The molecule has 0 radical (unpaired) electrons. The molecule has 2 unspecified atom stereocenters. The summed E-state index contributed by atoms with van der Waals surface area (Å²) in [6.45, 7) is 0. The van der Waals surface area contributed by atoms with E-state index < -0.39 is 0 Å². The minimum atomic E-state index is 0.190. The van der Waals surface area contributed by atoms with E-state index in [0.717, 1.165) is 38.5 Å². The Hall–Kier alpha value is -2.22. The lowest BCUT2D eigenvalue weighted by atomic mass is 9.83. The summed E-state index contributed by atoms with van der Waals surface area (Å²) in [5, 5.41) is 0. The van der Waals surface area contributed by atoms with Crippen molar-refractivity contribution in [3.05, 3.63) is 71.8 Å². The fourth-order valence-corrected chi connectivity index (χ4v) is 4.04. The Morgan fingerprint density at radius 2 is 0.923 bits per heavy atom. The van der Waals surface area contributed by atoms with E-state index in [1.807, 2.05) is 36.4 Å². The van der Waals surface area contributed by atoms with Crippen molar-refractivity contribution in [2.24, 2.45) is 0 Å². The molecular formula is C24H28O2. The third kappa shape index (κ3) is 4.91. The van der Waals surface area contributed by atoms with E-state index >= 15 is 0 Å². The Balaban J connectivity index is 0.000000151. The molecule has 2 fully saturated rings. The molecule has 2 aromatic carbocycles. The number of rotatable bonds is 2. The van der Waals surface area contributed by atoms with Crippen LogP contribution in [0.4, 0.5) is 0 Å². The summed E-state index contributed by atoms with van der Waals surface area (Å²) >= 11 is 0. The van der Waals surface area contributed by atoms with Gasteiger partial charge in [0.15, 0.2) is 0 Å². The Morgan fingerprint density at radius 1 is 0.538 bits per heavy atom. The topological polar surface area (TPSA) is 34.1 Å². The van der Waals surface area contributed by atoms with Crippen LogP contribution in [0.25, 0.3) is 0 Å². The van der Waals surface area contributed by atoms with Crippen molar-refractivity contribution in [1.82, 2.24) is 0 Å². The van der Waals surface area contributed by atoms with Crippen molar-refractivity contribution >= 4 is 11.6 Å². The lowest BCUT2D eigenvalue weighted by Crippen LogP contribution is -2.16. The average molecular weight is 348 g/mol. The first-order valence-corrected chi connectivity index (χ1v) is 9.91. The predicted octanol–water partition coefficient (Wildman–Crippen LogP) is 5.83. The maximum absolute atomic E-state index is 11.6. The fourth-order valence-electron chi connectivity index (χ4n) is 4.04. The number of hydrogen-bond acceptors (Lipinski definition) is 2. The van der Waals surface area contributed by atoms with Crippen LogP contribution in [0.15, 0.2) is 60.7 Å². The molecule has 0 aromatic heterocycles. The molecule has 4 rings (SSSR count). The molecule has 2 saturated carbocycles. The van der Waals surface area contributed by atoms with E-state index in [1.165, 1.54) is 24.0 Å². The van der Waals surface area contributed by atoms with Gasteiger partial charge in [-0.05, 0) is 36.8 Å². The zero-order valence-corrected chi connectivity index (χ0v) is 15.4. The van der Waals surface area contributed by atoms with Gasteiger partial charge in [0.1, 0.15) is 11.6 Å². The first kappa shape index (κ1) is 18.6. The van der Waals surface area contributed by atoms with Crippen LogP contribution in [0.3, 0.4) is 0 Å². The summed E-state index contributed by atoms with van der Waals surface area (Å²) in [7, 11) is 0. The molecule has 136 valence electrons. The Kier molecular flexibility index (Phi) is 6.76. The monoisotopic (exact) mass is 348 g/mol. The number of ketones is 2. The molecule has 26 heavy (non-hydrogen) atoms. The van der Waals surface area contributed by atoms with E-state index in [1.54, 1.807) is 0 Å². The smallest absolute Gasteiger partial charge is 0.140 e. The van der Waals surface area contributed by atoms with Crippen LogP contribution in [0.1, 0.15) is 74.3 Å². The van der Waals surface area contributed by atoms with E-state index in [0.29, 0.717) is 11.6 Å². The van der Waals surface area contributed by atoms with Gasteiger partial charge in [0.05, 0.1) is 0 Å². The van der Waals surface area contributed by atoms with Gasteiger partial charge in [0.2, 0.25) is 0 Å². The van der Waals surface area contributed by atoms with Gasteiger partial charge in [-0.15, -0.1) is 0 Å². The van der Waals surface area contributed by atoms with Gasteiger partial charge in [-0.25, -0.2) is 0 Å². The van der Waals surface area contributed by atoms with Crippen molar-refractivity contribution in [3.8, 4) is 0 Å². The fraction of sp³-hybridized carbons (Fsp3) is 0.417. The molecule has 0 saturated heterocycles. The van der Waals surface area contributed by atoms with Gasteiger partial charge < -0.3 is 0 Å². The molecule has 2 heteroatoms. The van der Waals surface area contributed by atoms with Crippen LogP contribution in [-0.4, -0.2) is 11.6 Å². The first-order valence-electron chi connectivity index (χ1n) is 9.91. The molecule has 2 aromatic rings. The van der Waals surface area contributed by atoms with Crippen LogP contribution in [0.5, 0.6) is 0 Å². The van der Waals surface area contributed by atoms with Gasteiger partial charge in [0, 0.05) is 24.7 Å². The number of carbonyl (C=O) groups excluding carboxylic acids is 2. The SMILES string of the molecule is O=C1CCCCC1c1ccccc1.O=C1CCCCC1c1ccccc1. The second kappa shape index (κ2) is 9.47. The van der Waals surface area contributed by atoms with E-state index in [9.17, 15) is 9.59 Å². The standard InChI is InChI=1S/2C12H14O/c2*13-12-9-5-4-8-11(12)10-6-2-1-3-7-10/h2*1-3,6-7,11H,4-5,8-9H2. The molecular weight excluding hydrogens is 320 g/mol. The molecule has 0 heterocycles. The Bertz CT molecular complexity index is 642. The van der Waals surface area contributed by atoms with Crippen molar-refractivity contribution in [1.29, 1.82) is 0 Å². The quantitative estimate of drug-likeness (QED) is 0.684. The molecule has 0 N–H and O–H groups in total. The normalized spacial score (nSPS) is 23.1. The molecule has 0 amide bonds. The highest BCUT2D eigenvalue weighted by Crippen LogP contribution is 2.30. The highest BCUT2D eigenvalue weighted by atomic mass is 16.1. The zero-order valence-electron chi connectivity index (χ0n) is 15.4. The molecule has 0 spiro atoms. The first-order chi connectivity index (χ1) is 12.8. The molecule has 0 aliphatic heterocycles. The predicted molar refractivity (Wildman–Crippen MR) is 105 cm³/mol. The Morgan fingerprint density at radius 3 is 1.27 bits per heavy atom. The van der Waals surface area contributed by atoms with Crippen LogP contribution in [-0.2, 0) is 9.59 Å². The number of benzene rings is 2. The largest absolute Gasteiger partial charge is 0.299 e. The highest BCUT2D eigenvalue weighted by Gasteiger charge is 2.23. The summed E-state index contributed by atoms with van der Waals surface area (Å²) in [6, 6.07) is 20.3. The minimum absolute atomic E-state index is 0.190. The van der Waals surface area contributed by atoms with E-state index in [4.69, 9.17) is 0 Å². The highest BCUT2D eigenvalue weighted by molar-refractivity contribution is 5.86. The van der Waals surface area contributed by atoms with Gasteiger partial charge in [-0.2, -0.15) is 0 Å². The van der Waals surface area contributed by atoms with E-state index in [-0.39, 0.29) is 11.8 Å². The zero-order chi connectivity index (χ0) is 18.2. The van der Waals surface area contributed by atoms with Gasteiger partial charge in [-0.1, -0.05) is 73.5 Å². The third-order valence-electron chi connectivity index (χ3n) is 5.51. The van der Waals surface area contributed by atoms with Crippen molar-refractivity contribution < 1.29 is 9.59 Å². The second-order valence-corrected chi connectivity index (χ2v) is 7.35. The summed E-state index contributed by atoms with van der Waals surface area (Å²) in [4.78, 5) is 23.2. The lowest BCUT2D eigenvalue weighted by Gasteiger charge is -2.20. The van der Waals surface area contributed by atoms with Crippen LogP contribution in [0, 0.1) is 0 Å². The molecule has 2 aliphatic carbocycles.